The summed E-state index contributed by atoms with van der Waals surface area (Å²) in [6.45, 7) is 1.68. The smallest absolute Gasteiger partial charge is 0.265 e. The van der Waals surface area contributed by atoms with Gasteiger partial charge in [0.25, 0.3) is 6.43 Å². The fourth-order valence-electron chi connectivity index (χ4n) is 1.40. The number of benzene rings is 1. The maximum absolute atomic E-state index is 12.7. The molecule has 0 saturated carbocycles. The van der Waals surface area contributed by atoms with E-state index in [0.29, 0.717) is 6.42 Å². The van der Waals surface area contributed by atoms with Crippen molar-refractivity contribution in [3.05, 3.63) is 23.8 Å². The lowest BCUT2D eigenvalue weighted by Gasteiger charge is -2.10. The predicted octanol–water partition coefficient (Wildman–Crippen LogP) is 2.39. The Labute approximate surface area is 93.2 Å². The molecule has 0 unspecified atom stereocenters. The van der Waals surface area contributed by atoms with Gasteiger partial charge in [0.1, 0.15) is 0 Å². The van der Waals surface area contributed by atoms with Crippen molar-refractivity contribution in [1.82, 2.24) is 0 Å². The molecule has 0 spiro atoms. The molecule has 0 aromatic heterocycles. The lowest BCUT2D eigenvalue weighted by molar-refractivity contribution is 0.148. The van der Waals surface area contributed by atoms with Gasteiger partial charge in [0, 0.05) is 11.3 Å². The summed E-state index contributed by atoms with van der Waals surface area (Å²) >= 11 is 0. The Bertz CT molecular complexity index is 472. The van der Waals surface area contributed by atoms with Crippen molar-refractivity contribution < 1.29 is 17.2 Å². The van der Waals surface area contributed by atoms with Crippen molar-refractivity contribution in [2.75, 3.05) is 11.5 Å². The summed E-state index contributed by atoms with van der Waals surface area (Å²) in [6, 6.07) is 3.46. The van der Waals surface area contributed by atoms with E-state index >= 15 is 0 Å². The van der Waals surface area contributed by atoms with E-state index in [1.54, 1.807) is 6.92 Å². The third kappa shape index (κ3) is 2.69. The zero-order chi connectivity index (χ0) is 12.3. The normalized spacial score (nSPS) is 12.0. The van der Waals surface area contributed by atoms with E-state index in [9.17, 15) is 17.2 Å². The highest BCUT2D eigenvalue weighted by molar-refractivity contribution is 7.91. The predicted molar refractivity (Wildman–Crippen MR) is 58.2 cm³/mol. The van der Waals surface area contributed by atoms with Crippen molar-refractivity contribution in [2.24, 2.45) is 0 Å². The van der Waals surface area contributed by atoms with Gasteiger partial charge in [0.05, 0.1) is 10.6 Å². The summed E-state index contributed by atoms with van der Waals surface area (Å²) in [6.07, 6.45) is -2.46. The summed E-state index contributed by atoms with van der Waals surface area (Å²) in [4.78, 5) is -0.321. The molecular weight excluding hydrogens is 236 g/mol. The number of nitrogens with two attached hydrogens (primary N) is 1. The molecule has 16 heavy (non-hydrogen) atoms. The lowest BCUT2D eigenvalue weighted by atomic mass is 10.2. The molecule has 2 N–H and O–H groups in total. The van der Waals surface area contributed by atoms with E-state index in [1.807, 2.05) is 0 Å². The summed E-state index contributed by atoms with van der Waals surface area (Å²) in [5.74, 6) is -0.142. The van der Waals surface area contributed by atoms with Crippen LogP contribution in [0, 0.1) is 0 Å². The molecule has 0 heterocycles. The summed E-state index contributed by atoms with van der Waals surface area (Å²) in [7, 11) is -3.64. The molecule has 0 aliphatic heterocycles. The van der Waals surface area contributed by atoms with Gasteiger partial charge >= 0.3 is 0 Å². The third-order valence-electron chi connectivity index (χ3n) is 2.08. The van der Waals surface area contributed by atoms with Crippen molar-refractivity contribution in [2.45, 2.75) is 24.7 Å². The van der Waals surface area contributed by atoms with Crippen LogP contribution in [0.2, 0.25) is 0 Å². The number of alkyl halides is 2. The first-order chi connectivity index (χ1) is 7.38. The van der Waals surface area contributed by atoms with Crippen LogP contribution in [0.3, 0.4) is 0 Å². The average Bonchev–Trinajstić information content (AvgIpc) is 2.16. The minimum absolute atomic E-state index is 0.130. The van der Waals surface area contributed by atoms with Crippen LogP contribution in [0.15, 0.2) is 23.1 Å². The molecule has 0 amide bonds. The molecular formula is C10H13F2NO2S. The van der Waals surface area contributed by atoms with Gasteiger partial charge < -0.3 is 5.73 Å². The number of hydrogen-bond acceptors (Lipinski definition) is 3. The number of hydrogen-bond donors (Lipinski definition) is 1. The Kier molecular flexibility index (Phi) is 3.85. The van der Waals surface area contributed by atoms with Crippen LogP contribution in [0.5, 0.6) is 0 Å². The fraction of sp³-hybridized carbons (Fsp3) is 0.400. The molecule has 6 heteroatoms. The SMILES string of the molecule is CCCS(=O)(=O)c1ccc(N)cc1C(F)F. The summed E-state index contributed by atoms with van der Waals surface area (Å²) in [5, 5.41) is 0. The van der Waals surface area contributed by atoms with Gasteiger partial charge in [0.2, 0.25) is 0 Å². The van der Waals surface area contributed by atoms with E-state index in [2.05, 4.69) is 0 Å². The van der Waals surface area contributed by atoms with Crippen LogP contribution in [0.4, 0.5) is 14.5 Å². The van der Waals surface area contributed by atoms with Gasteiger partial charge in [-0.1, -0.05) is 6.92 Å². The number of halogens is 2. The summed E-state index contributed by atoms with van der Waals surface area (Å²) < 4.78 is 48.7. The molecule has 0 aliphatic rings. The van der Waals surface area contributed by atoms with E-state index in [0.717, 1.165) is 12.1 Å². The van der Waals surface area contributed by atoms with Crippen LogP contribution >= 0.6 is 0 Å². The van der Waals surface area contributed by atoms with Crippen molar-refractivity contribution in [3.8, 4) is 0 Å². The molecule has 1 aromatic carbocycles. The molecule has 0 radical (unpaired) electrons. The molecule has 0 bridgehead atoms. The van der Waals surface area contributed by atoms with Crippen LogP contribution in [-0.4, -0.2) is 14.2 Å². The van der Waals surface area contributed by atoms with Crippen molar-refractivity contribution in [1.29, 1.82) is 0 Å². The molecule has 0 aliphatic carbocycles. The summed E-state index contributed by atoms with van der Waals surface area (Å²) in [5.41, 5.74) is 4.96. The van der Waals surface area contributed by atoms with Gasteiger partial charge in [-0.05, 0) is 24.6 Å². The first kappa shape index (κ1) is 12.9. The standard InChI is InChI=1S/C10H13F2NO2S/c1-2-5-16(14,15)9-4-3-7(13)6-8(9)10(11)12/h3-4,6,10H,2,5,13H2,1H3. The topological polar surface area (TPSA) is 60.2 Å². The number of anilines is 1. The maximum atomic E-state index is 12.7. The first-order valence-electron chi connectivity index (χ1n) is 4.79. The number of sulfone groups is 1. The number of rotatable bonds is 4. The van der Waals surface area contributed by atoms with Crippen LogP contribution in [-0.2, 0) is 9.84 Å². The van der Waals surface area contributed by atoms with Gasteiger partial charge in [-0.3, -0.25) is 0 Å². The zero-order valence-corrected chi connectivity index (χ0v) is 9.60. The molecule has 0 fully saturated rings. The van der Waals surface area contributed by atoms with Gasteiger partial charge in [0.15, 0.2) is 9.84 Å². The van der Waals surface area contributed by atoms with Gasteiger partial charge in [-0.25, -0.2) is 17.2 Å². The Morgan fingerprint density at radius 1 is 1.38 bits per heavy atom. The molecule has 0 atom stereocenters. The molecule has 1 aromatic rings. The highest BCUT2D eigenvalue weighted by atomic mass is 32.2. The van der Waals surface area contributed by atoms with Crippen LogP contribution < -0.4 is 5.73 Å². The second kappa shape index (κ2) is 4.78. The van der Waals surface area contributed by atoms with Gasteiger partial charge in [-0.15, -0.1) is 0 Å². The Morgan fingerprint density at radius 2 is 2.00 bits per heavy atom. The minimum Gasteiger partial charge on any atom is -0.399 e. The third-order valence-corrected chi connectivity index (χ3v) is 4.06. The average molecular weight is 249 g/mol. The monoisotopic (exact) mass is 249 g/mol. The minimum atomic E-state index is -3.64. The quantitative estimate of drug-likeness (QED) is 0.833. The Morgan fingerprint density at radius 3 is 2.50 bits per heavy atom. The highest BCUT2D eigenvalue weighted by Gasteiger charge is 2.22. The molecule has 1 rings (SSSR count). The van der Waals surface area contributed by atoms with E-state index in [-0.39, 0.29) is 16.3 Å². The molecule has 90 valence electrons. The molecule has 0 saturated heterocycles. The zero-order valence-electron chi connectivity index (χ0n) is 8.78. The van der Waals surface area contributed by atoms with Crippen LogP contribution in [0.1, 0.15) is 25.3 Å². The largest absolute Gasteiger partial charge is 0.399 e. The maximum Gasteiger partial charge on any atom is 0.265 e. The van der Waals surface area contributed by atoms with E-state index in [4.69, 9.17) is 5.73 Å². The Balaban J connectivity index is 3.34. The second-order valence-electron chi connectivity index (χ2n) is 3.42. The second-order valence-corrected chi connectivity index (χ2v) is 5.49. The molecule has 3 nitrogen and oxygen atoms in total. The van der Waals surface area contributed by atoms with Crippen LogP contribution in [0.25, 0.3) is 0 Å². The van der Waals surface area contributed by atoms with Crippen molar-refractivity contribution >= 4 is 15.5 Å². The van der Waals surface area contributed by atoms with E-state index < -0.39 is 21.8 Å². The first-order valence-corrected chi connectivity index (χ1v) is 6.44. The number of nitrogen functional groups attached to an aromatic ring is 1. The Hall–Kier alpha value is -1.17. The van der Waals surface area contributed by atoms with E-state index in [1.165, 1.54) is 6.07 Å². The lowest BCUT2D eigenvalue weighted by Crippen LogP contribution is -2.09. The fourth-order valence-corrected chi connectivity index (χ4v) is 2.94. The van der Waals surface area contributed by atoms with Gasteiger partial charge in [-0.2, -0.15) is 0 Å². The van der Waals surface area contributed by atoms with Crippen molar-refractivity contribution in [3.63, 3.8) is 0 Å². The highest BCUT2D eigenvalue weighted by Crippen LogP contribution is 2.29.